The summed E-state index contributed by atoms with van der Waals surface area (Å²) in [4.78, 5) is 10.7. The molecule has 3 fully saturated rings. The molecule has 6 atom stereocenters. The molecule has 0 bridgehead atoms. The van der Waals surface area contributed by atoms with Crippen LogP contribution in [0, 0.1) is 41.4 Å². The average molecular weight is 375 g/mol. The van der Waals surface area contributed by atoms with Gasteiger partial charge >= 0.3 is 5.97 Å². The summed E-state index contributed by atoms with van der Waals surface area (Å²) in [5, 5.41) is 29.7. The first-order chi connectivity index (χ1) is 13.0. The SMILES string of the molecule is CC1/C(=C/CCCC(=O)O)[C@@H]2CC[C@H](O)[C@@H](C#CC(O)C3CCCCC3)[C@H]12. The summed E-state index contributed by atoms with van der Waals surface area (Å²) in [5.41, 5.74) is 1.43. The Morgan fingerprint density at radius 1 is 1.22 bits per heavy atom. The fourth-order valence-corrected chi connectivity index (χ4v) is 5.52. The molecule has 3 N–H and O–H groups in total. The van der Waals surface area contributed by atoms with E-state index in [1.165, 1.54) is 24.8 Å². The van der Waals surface area contributed by atoms with Gasteiger partial charge in [-0.25, -0.2) is 0 Å². The van der Waals surface area contributed by atoms with Crippen LogP contribution in [-0.4, -0.2) is 33.5 Å². The molecule has 0 heterocycles. The fraction of sp³-hybridized carbons (Fsp3) is 0.783. The summed E-state index contributed by atoms with van der Waals surface area (Å²) in [6.07, 6.45) is 10.5. The van der Waals surface area contributed by atoms with Gasteiger partial charge in [0.1, 0.15) is 6.10 Å². The van der Waals surface area contributed by atoms with E-state index in [4.69, 9.17) is 5.11 Å². The first-order valence-electron chi connectivity index (χ1n) is 10.8. The van der Waals surface area contributed by atoms with Gasteiger partial charge in [0.2, 0.25) is 0 Å². The number of allylic oxidation sites excluding steroid dienone is 2. The third kappa shape index (κ3) is 4.76. The molecule has 3 saturated carbocycles. The van der Waals surface area contributed by atoms with Crippen molar-refractivity contribution in [2.24, 2.45) is 29.6 Å². The minimum absolute atomic E-state index is 0.0480. The monoisotopic (exact) mass is 374 g/mol. The van der Waals surface area contributed by atoms with Gasteiger partial charge in [0.25, 0.3) is 0 Å². The number of aliphatic hydroxyl groups is 2. The summed E-state index contributed by atoms with van der Waals surface area (Å²) < 4.78 is 0. The lowest BCUT2D eigenvalue weighted by atomic mass is 9.51. The number of fused-ring (bicyclic) bond motifs is 1. The Labute approximate surface area is 163 Å². The maximum absolute atomic E-state index is 10.7. The normalized spacial score (nSPS) is 36.3. The van der Waals surface area contributed by atoms with Gasteiger partial charge in [-0.1, -0.05) is 49.7 Å². The molecule has 3 rings (SSSR count). The largest absolute Gasteiger partial charge is 0.481 e. The van der Waals surface area contributed by atoms with Crippen LogP contribution in [0.1, 0.15) is 71.1 Å². The molecule has 150 valence electrons. The van der Waals surface area contributed by atoms with Gasteiger partial charge in [-0.3, -0.25) is 4.79 Å². The number of carbonyl (C=O) groups is 1. The Morgan fingerprint density at radius 2 is 1.96 bits per heavy atom. The first-order valence-corrected chi connectivity index (χ1v) is 10.8. The van der Waals surface area contributed by atoms with Crippen LogP contribution in [-0.2, 0) is 4.79 Å². The Bertz CT molecular complexity index is 608. The van der Waals surface area contributed by atoms with Crippen LogP contribution in [0.5, 0.6) is 0 Å². The summed E-state index contributed by atoms with van der Waals surface area (Å²) in [6, 6.07) is 0. The van der Waals surface area contributed by atoms with E-state index in [9.17, 15) is 15.0 Å². The average Bonchev–Trinajstić information content (AvgIpc) is 2.66. The molecule has 0 aliphatic heterocycles. The summed E-state index contributed by atoms with van der Waals surface area (Å²) in [5.74, 6) is 7.12. The molecule has 27 heavy (non-hydrogen) atoms. The minimum Gasteiger partial charge on any atom is -0.481 e. The quantitative estimate of drug-likeness (QED) is 0.389. The molecule has 3 aliphatic rings. The zero-order chi connectivity index (χ0) is 19.4. The van der Waals surface area contributed by atoms with Crippen molar-refractivity contribution >= 4 is 5.97 Å². The highest BCUT2D eigenvalue weighted by molar-refractivity contribution is 5.66. The van der Waals surface area contributed by atoms with Crippen LogP contribution < -0.4 is 0 Å². The molecule has 0 aromatic carbocycles. The molecular weight excluding hydrogens is 340 g/mol. The number of aliphatic hydroxyl groups excluding tert-OH is 2. The molecule has 4 nitrogen and oxygen atoms in total. The van der Waals surface area contributed by atoms with Crippen LogP contribution in [0.4, 0.5) is 0 Å². The lowest BCUT2D eigenvalue weighted by Crippen LogP contribution is -2.50. The number of hydrogen-bond donors (Lipinski definition) is 3. The van der Waals surface area contributed by atoms with Gasteiger partial charge in [0, 0.05) is 6.42 Å². The molecule has 2 unspecified atom stereocenters. The lowest BCUT2D eigenvalue weighted by molar-refractivity contribution is -0.137. The number of unbranched alkanes of at least 4 members (excludes halogenated alkanes) is 1. The van der Waals surface area contributed by atoms with E-state index in [0.29, 0.717) is 30.1 Å². The number of carboxylic acids is 1. The molecule has 0 aromatic heterocycles. The highest BCUT2D eigenvalue weighted by Crippen LogP contribution is 2.55. The van der Waals surface area contributed by atoms with Crippen molar-refractivity contribution in [3.63, 3.8) is 0 Å². The van der Waals surface area contributed by atoms with Crippen molar-refractivity contribution in [1.29, 1.82) is 0 Å². The van der Waals surface area contributed by atoms with E-state index in [1.807, 2.05) is 0 Å². The van der Waals surface area contributed by atoms with Crippen LogP contribution in [0.15, 0.2) is 11.6 Å². The van der Waals surface area contributed by atoms with Crippen molar-refractivity contribution in [3.8, 4) is 11.8 Å². The molecule has 0 radical (unpaired) electrons. The van der Waals surface area contributed by atoms with Crippen LogP contribution in [0.25, 0.3) is 0 Å². The summed E-state index contributed by atoms with van der Waals surface area (Å²) in [6.45, 7) is 2.20. The summed E-state index contributed by atoms with van der Waals surface area (Å²) in [7, 11) is 0. The molecular formula is C23H34O4. The van der Waals surface area contributed by atoms with Crippen molar-refractivity contribution in [2.45, 2.75) is 83.3 Å². The molecule has 3 aliphatic carbocycles. The number of aliphatic carboxylic acids is 1. The van der Waals surface area contributed by atoms with Crippen LogP contribution in [0.2, 0.25) is 0 Å². The predicted octanol–water partition coefficient (Wildman–Crippen LogP) is 3.77. The van der Waals surface area contributed by atoms with Crippen molar-refractivity contribution < 1.29 is 20.1 Å². The highest BCUT2D eigenvalue weighted by atomic mass is 16.4. The Balaban J connectivity index is 1.61. The van der Waals surface area contributed by atoms with Crippen molar-refractivity contribution in [3.05, 3.63) is 11.6 Å². The second-order valence-corrected chi connectivity index (χ2v) is 8.76. The molecule has 0 amide bonds. The fourth-order valence-electron chi connectivity index (χ4n) is 5.52. The second kappa shape index (κ2) is 9.26. The Hall–Kier alpha value is -1.31. The molecule has 0 spiro atoms. The standard InChI is InChI=1S/C23H34O4/c1-15-17(9-5-6-10-22(26)27)18-11-14-21(25)19(23(15)18)12-13-20(24)16-7-3-2-4-8-16/h9,15-16,18-21,23-25H,2-8,10-11,14H2,1H3,(H,26,27)/b17-9-/t15?,18-,19+,20?,21-,23+/m0/s1. The van der Waals surface area contributed by atoms with E-state index >= 15 is 0 Å². The van der Waals surface area contributed by atoms with Crippen molar-refractivity contribution in [2.75, 3.05) is 0 Å². The second-order valence-electron chi connectivity index (χ2n) is 8.76. The molecule has 0 aromatic rings. The highest BCUT2D eigenvalue weighted by Gasteiger charge is 2.50. The first kappa shape index (κ1) is 20.4. The van der Waals surface area contributed by atoms with E-state index < -0.39 is 18.2 Å². The zero-order valence-electron chi connectivity index (χ0n) is 16.4. The Morgan fingerprint density at radius 3 is 2.67 bits per heavy atom. The van der Waals surface area contributed by atoms with Gasteiger partial charge in [-0.15, -0.1) is 0 Å². The number of carboxylic acid groups (broad SMARTS) is 1. The van der Waals surface area contributed by atoms with E-state index in [1.54, 1.807) is 0 Å². The molecule has 0 saturated heterocycles. The zero-order valence-corrected chi connectivity index (χ0v) is 16.4. The third-order valence-electron chi connectivity index (χ3n) is 7.07. The third-order valence-corrected chi connectivity index (χ3v) is 7.07. The van der Waals surface area contributed by atoms with Gasteiger partial charge in [0.05, 0.1) is 12.0 Å². The number of hydrogen-bond acceptors (Lipinski definition) is 3. The Kier molecular flexibility index (Phi) is 7.00. The van der Waals surface area contributed by atoms with E-state index in [2.05, 4.69) is 24.8 Å². The maximum atomic E-state index is 10.7. The molecule has 4 heteroatoms. The minimum atomic E-state index is -0.736. The topological polar surface area (TPSA) is 77.8 Å². The van der Waals surface area contributed by atoms with Gasteiger partial charge in [0.15, 0.2) is 0 Å². The lowest BCUT2D eigenvalue weighted by Gasteiger charge is -2.53. The smallest absolute Gasteiger partial charge is 0.303 e. The van der Waals surface area contributed by atoms with Gasteiger partial charge < -0.3 is 15.3 Å². The summed E-state index contributed by atoms with van der Waals surface area (Å²) >= 11 is 0. The predicted molar refractivity (Wildman–Crippen MR) is 105 cm³/mol. The van der Waals surface area contributed by atoms with Crippen LogP contribution in [0.3, 0.4) is 0 Å². The van der Waals surface area contributed by atoms with Gasteiger partial charge in [-0.05, 0) is 62.2 Å². The van der Waals surface area contributed by atoms with Gasteiger partial charge in [-0.2, -0.15) is 0 Å². The number of rotatable bonds is 5. The van der Waals surface area contributed by atoms with E-state index in [-0.39, 0.29) is 12.3 Å². The van der Waals surface area contributed by atoms with E-state index in [0.717, 1.165) is 32.1 Å². The van der Waals surface area contributed by atoms with Crippen LogP contribution >= 0.6 is 0 Å². The van der Waals surface area contributed by atoms with Crippen molar-refractivity contribution in [1.82, 2.24) is 0 Å². The maximum Gasteiger partial charge on any atom is 0.303 e.